The molecule has 0 bridgehead atoms. The number of hydrogen-bond donors (Lipinski definition) is 0. The van der Waals surface area contributed by atoms with Crippen molar-refractivity contribution in [3.63, 3.8) is 0 Å². The Kier molecular flexibility index (Phi) is 3.82. The van der Waals surface area contributed by atoms with E-state index < -0.39 is 6.04 Å². The second kappa shape index (κ2) is 5.76. The van der Waals surface area contributed by atoms with Crippen LogP contribution in [0.2, 0.25) is 0 Å². The maximum Gasteiger partial charge on any atom is 0.328 e. The summed E-state index contributed by atoms with van der Waals surface area (Å²) in [5.41, 5.74) is 0.914. The lowest BCUT2D eigenvalue weighted by molar-refractivity contribution is -0.155. The van der Waals surface area contributed by atoms with Gasteiger partial charge in [0.1, 0.15) is 24.3 Å². The molecular formula is C16H19NO4. The Balaban J connectivity index is 1.82. The number of piperidine rings is 1. The van der Waals surface area contributed by atoms with E-state index in [1.54, 1.807) is 4.90 Å². The number of carbonyl (C=O) groups is 2. The first kappa shape index (κ1) is 13.9. The van der Waals surface area contributed by atoms with E-state index in [0.29, 0.717) is 19.6 Å². The van der Waals surface area contributed by atoms with Crippen LogP contribution in [-0.2, 0) is 14.3 Å². The van der Waals surface area contributed by atoms with Crippen molar-refractivity contribution in [3.8, 4) is 5.75 Å². The molecule has 1 aromatic rings. The number of ether oxygens (including phenoxy) is 2. The lowest BCUT2D eigenvalue weighted by atomic mass is 9.95. The maximum atomic E-state index is 12.8. The molecule has 1 saturated heterocycles. The third-order valence-corrected chi connectivity index (χ3v) is 4.26. The minimum Gasteiger partial charge on any atom is -0.492 e. The first-order valence-corrected chi connectivity index (χ1v) is 7.32. The van der Waals surface area contributed by atoms with Gasteiger partial charge in [0.15, 0.2) is 0 Å². The summed E-state index contributed by atoms with van der Waals surface area (Å²) in [4.78, 5) is 26.4. The molecule has 1 unspecified atom stereocenters. The van der Waals surface area contributed by atoms with Crippen molar-refractivity contribution in [3.05, 3.63) is 29.8 Å². The summed E-state index contributed by atoms with van der Waals surface area (Å²) >= 11 is 0. The van der Waals surface area contributed by atoms with Crippen LogP contribution in [0.5, 0.6) is 5.75 Å². The highest BCUT2D eigenvalue weighted by molar-refractivity contribution is 5.90. The molecule has 2 aliphatic rings. The first-order chi connectivity index (χ1) is 10.2. The molecule has 0 radical (unpaired) electrons. The molecule has 2 heterocycles. The zero-order chi connectivity index (χ0) is 14.8. The number of hydrogen-bond acceptors (Lipinski definition) is 4. The summed E-state index contributed by atoms with van der Waals surface area (Å²) in [6, 6.07) is 7.13. The predicted molar refractivity (Wildman–Crippen MR) is 76.0 cm³/mol. The topological polar surface area (TPSA) is 55.8 Å². The van der Waals surface area contributed by atoms with E-state index >= 15 is 0 Å². The summed E-state index contributed by atoms with van der Waals surface area (Å²) < 4.78 is 10.4. The van der Waals surface area contributed by atoms with Crippen molar-refractivity contribution >= 4 is 11.9 Å². The van der Waals surface area contributed by atoms with Gasteiger partial charge in [-0.05, 0) is 25.3 Å². The largest absolute Gasteiger partial charge is 0.492 e. The van der Waals surface area contributed by atoms with Crippen LogP contribution < -0.4 is 4.74 Å². The average Bonchev–Trinajstić information content (AvgIpc) is 2.97. The molecule has 5 heteroatoms. The Hall–Kier alpha value is -2.04. The van der Waals surface area contributed by atoms with Crippen LogP contribution in [-0.4, -0.2) is 43.1 Å². The quantitative estimate of drug-likeness (QED) is 0.778. The summed E-state index contributed by atoms with van der Waals surface area (Å²) in [5.74, 6) is 0.0965. The van der Waals surface area contributed by atoms with Crippen LogP contribution in [0.15, 0.2) is 24.3 Å². The maximum absolute atomic E-state index is 12.8. The van der Waals surface area contributed by atoms with E-state index in [1.165, 1.54) is 7.11 Å². The predicted octanol–water partition coefficient (Wildman–Crippen LogP) is 1.72. The van der Waals surface area contributed by atoms with Crippen LogP contribution >= 0.6 is 0 Å². The zero-order valence-electron chi connectivity index (χ0n) is 12.1. The zero-order valence-corrected chi connectivity index (χ0v) is 12.1. The number of carbonyl (C=O) groups excluding carboxylic acids is 2. The number of esters is 1. The summed E-state index contributed by atoms with van der Waals surface area (Å²) in [6.45, 7) is 0.958. The number of methoxy groups -OCH3 is 1. The summed E-state index contributed by atoms with van der Waals surface area (Å²) in [7, 11) is 1.37. The normalized spacial score (nSPS) is 24.1. The highest BCUT2D eigenvalue weighted by atomic mass is 16.5. The molecule has 0 N–H and O–H groups in total. The smallest absolute Gasteiger partial charge is 0.328 e. The molecule has 2 aliphatic heterocycles. The van der Waals surface area contributed by atoms with Gasteiger partial charge in [0.2, 0.25) is 5.91 Å². The fourth-order valence-electron chi connectivity index (χ4n) is 3.14. The SMILES string of the molecule is COC(=O)[C@H]1CCCCN1C(=O)C1COc2ccccc21. The first-order valence-electron chi connectivity index (χ1n) is 7.32. The Morgan fingerprint density at radius 2 is 2.10 bits per heavy atom. The number of likely N-dealkylation sites (tertiary alicyclic amines) is 1. The number of rotatable bonds is 2. The van der Waals surface area contributed by atoms with E-state index in [-0.39, 0.29) is 17.8 Å². The van der Waals surface area contributed by atoms with Crippen LogP contribution in [0.3, 0.4) is 0 Å². The van der Waals surface area contributed by atoms with Gasteiger partial charge in [0.25, 0.3) is 0 Å². The second-order valence-corrected chi connectivity index (χ2v) is 5.47. The Bertz CT molecular complexity index is 557. The van der Waals surface area contributed by atoms with Crippen LogP contribution in [0.1, 0.15) is 30.7 Å². The van der Waals surface area contributed by atoms with Crippen molar-refractivity contribution in [1.82, 2.24) is 4.90 Å². The van der Waals surface area contributed by atoms with Gasteiger partial charge in [-0.15, -0.1) is 0 Å². The second-order valence-electron chi connectivity index (χ2n) is 5.47. The Morgan fingerprint density at radius 1 is 1.29 bits per heavy atom. The van der Waals surface area contributed by atoms with Crippen LogP contribution in [0, 0.1) is 0 Å². The fraction of sp³-hybridized carbons (Fsp3) is 0.500. The van der Waals surface area contributed by atoms with Gasteiger partial charge in [-0.2, -0.15) is 0 Å². The summed E-state index contributed by atoms with van der Waals surface area (Å²) in [5, 5.41) is 0. The van der Waals surface area contributed by atoms with Crippen LogP contribution in [0.4, 0.5) is 0 Å². The molecule has 1 amide bonds. The highest BCUT2D eigenvalue weighted by Crippen LogP contribution is 2.35. The van der Waals surface area contributed by atoms with Crippen LogP contribution in [0.25, 0.3) is 0 Å². The molecule has 1 aromatic carbocycles. The minimum absolute atomic E-state index is 0.0324. The van der Waals surface area contributed by atoms with Gasteiger partial charge < -0.3 is 14.4 Å². The molecule has 5 nitrogen and oxygen atoms in total. The van der Waals surface area contributed by atoms with Gasteiger partial charge in [-0.3, -0.25) is 4.79 Å². The molecule has 21 heavy (non-hydrogen) atoms. The van der Waals surface area contributed by atoms with Gasteiger partial charge in [-0.25, -0.2) is 4.79 Å². The van der Waals surface area contributed by atoms with Crippen molar-refractivity contribution in [2.45, 2.75) is 31.2 Å². The van der Waals surface area contributed by atoms with E-state index in [1.807, 2.05) is 24.3 Å². The third kappa shape index (κ3) is 2.48. The Labute approximate surface area is 123 Å². The van der Waals surface area contributed by atoms with E-state index in [4.69, 9.17) is 9.47 Å². The molecule has 0 aromatic heterocycles. The number of benzene rings is 1. The highest BCUT2D eigenvalue weighted by Gasteiger charge is 2.39. The van der Waals surface area contributed by atoms with E-state index in [0.717, 1.165) is 24.2 Å². The minimum atomic E-state index is -0.455. The molecule has 0 aliphatic carbocycles. The van der Waals surface area contributed by atoms with Crippen molar-refractivity contribution in [1.29, 1.82) is 0 Å². The van der Waals surface area contributed by atoms with Crippen molar-refractivity contribution < 1.29 is 19.1 Å². The van der Waals surface area contributed by atoms with E-state index in [2.05, 4.69) is 0 Å². The molecule has 112 valence electrons. The third-order valence-electron chi connectivity index (χ3n) is 4.26. The molecule has 3 rings (SSSR count). The Morgan fingerprint density at radius 3 is 2.90 bits per heavy atom. The van der Waals surface area contributed by atoms with Crippen molar-refractivity contribution in [2.24, 2.45) is 0 Å². The molecule has 1 fully saturated rings. The molecular weight excluding hydrogens is 270 g/mol. The van der Waals surface area contributed by atoms with Gasteiger partial charge in [-0.1, -0.05) is 18.2 Å². The number of nitrogens with zero attached hydrogens (tertiary/aromatic N) is 1. The average molecular weight is 289 g/mol. The lowest BCUT2D eigenvalue weighted by Gasteiger charge is -2.35. The number of amides is 1. The van der Waals surface area contributed by atoms with E-state index in [9.17, 15) is 9.59 Å². The summed E-state index contributed by atoms with van der Waals surface area (Å²) in [6.07, 6.45) is 2.55. The molecule has 2 atom stereocenters. The standard InChI is InChI=1S/C16H19NO4/c1-20-16(19)13-7-4-5-9-17(13)15(18)12-10-21-14-8-3-2-6-11(12)14/h2-3,6,8,12-13H,4-5,7,9-10H2,1H3/t12?,13-/m1/s1. The number of para-hydroxylation sites is 1. The molecule has 0 saturated carbocycles. The lowest BCUT2D eigenvalue weighted by Crippen LogP contribution is -2.50. The monoisotopic (exact) mass is 289 g/mol. The van der Waals surface area contributed by atoms with Crippen molar-refractivity contribution in [2.75, 3.05) is 20.3 Å². The van der Waals surface area contributed by atoms with Gasteiger partial charge in [0.05, 0.1) is 7.11 Å². The number of fused-ring (bicyclic) bond motifs is 1. The molecule has 0 spiro atoms. The van der Waals surface area contributed by atoms with Gasteiger partial charge >= 0.3 is 5.97 Å². The van der Waals surface area contributed by atoms with Gasteiger partial charge in [0, 0.05) is 12.1 Å². The fourth-order valence-corrected chi connectivity index (χ4v) is 3.14.